The number of carbonyl (C=O) groups excluding carboxylic acids is 1. The van der Waals surface area contributed by atoms with Crippen LogP contribution in [-0.2, 0) is 4.74 Å². The Morgan fingerprint density at radius 3 is 1.89 bits per heavy atom. The molecule has 0 bridgehead atoms. The van der Waals surface area contributed by atoms with Gasteiger partial charge in [-0.25, -0.2) is 4.79 Å². The molecular formula is C27H27ClN2O7. The summed E-state index contributed by atoms with van der Waals surface area (Å²) in [7, 11) is 7.26. The van der Waals surface area contributed by atoms with Gasteiger partial charge in [-0.3, -0.25) is 9.36 Å². The van der Waals surface area contributed by atoms with Crippen molar-refractivity contribution in [1.29, 1.82) is 0 Å². The molecule has 37 heavy (non-hydrogen) atoms. The molecule has 9 nitrogen and oxygen atoms in total. The molecule has 0 unspecified atom stereocenters. The Morgan fingerprint density at radius 1 is 0.784 bits per heavy atom. The number of nitrogens with zero attached hydrogens (tertiary/aromatic N) is 1. The van der Waals surface area contributed by atoms with E-state index in [1.807, 2.05) is 0 Å². The standard InChI is InChI=1S/C27H26N2O7.ClH/c1-32-20-11-10-16(14-19(20)28)29-24(27(31)36-5)23(17-8-6-7-9-18(17)26(29)30)15-12-21(33-2)25(35-4)22(13-15)34-3;/h6-14H,28H2,1-5H3;1H. The Kier molecular flexibility index (Phi) is 8.19. The van der Waals surface area contributed by atoms with Crippen molar-refractivity contribution in [3.63, 3.8) is 0 Å². The number of rotatable bonds is 7. The van der Waals surface area contributed by atoms with E-state index < -0.39 is 11.5 Å². The number of pyridine rings is 1. The van der Waals surface area contributed by atoms with Crippen LogP contribution >= 0.6 is 12.4 Å². The number of nitrogen functional groups attached to an aromatic ring is 1. The lowest BCUT2D eigenvalue weighted by molar-refractivity contribution is 0.0591. The van der Waals surface area contributed by atoms with Crippen LogP contribution in [0.15, 0.2) is 59.4 Å². The Morgan fingerprint density at radius 2 is 1.38 bits per heavy atom. The zero-order valence-corrected chi connectivity index (χ0v) is 21.8. The lowest BCUT2D eigenvalue weighted by Gasteiger charge is -2.21. The topological polar surface area (TPSA) is 111 Å². The highest BCUT2D eigenvalue weighted by Crippen LogP contribution is 2.43. The molecule has 0 aliphatic carbocycles. The molecule has 0 atom stereocenters. The number of hydrogen-bond acceptors (Lipinski definition) is 8. The van der Waals surface area contributed by atoms with Gasteiger partial charge in [0, 0.05) is 10.9 Å². The first-order chi connectivity index (χ1) is 17.4. The van der Waals surface area contributed by atoms with Crippen LogP contribution < -0.4 is 30.2 Å². The van der Waals surface area contributed by atoms with Crippen molar-refractivity contribution in [2.24, 2.45) is 0 Å². The van der Waals surface area contributed by atoms with Gasteiger partial charge < -0.3 is 29.4 Å². The van der Waals surface area contributed by atoms with Gasteiger partial charge >= 0.3 is 5.97 Å². The van der Waals surface area contributed by atoms with Crippen LogP contribution in [0.5, 0.6) is 23.0 Å². The molecule has 0 saturated carbocycles. The van der Waals surface area contributed by atoms with Crippen LogP contribution in [0.3, 0.4) is 0 Å². The molecule has 0 fully saturated rings. The lowest BCUT2D eigenvalue weighted by atomic mass is 9.95. The minimum atomic E-state index is -0.712. The van der Waals surface area contributed by atoms with Crippen molar-refractivity contribution < 1.29 is 28.5 Å². The number of ether oxygens (including phenoxy) is 5. The maximum atomic E-state index is 13.8. The normalized spacial score (nSPS) is 10.4. The van der Waals surface area contributed by atoms with E-state index >= 15 is 0 Å². The number of aromatic nitrogens is 1. The fraction of sp³-hybridized carbons (Fsp3) is 0.185. The first kappa shape index (κ1) is 27.2. The summed E-state index contributed by atoms with van der Waals surface area (Å²) in [6.07, 6.45) is 0. The number of fused-ring (bicyclic) bond motifs is 1. The molecule has 0 radical (unpaired) electrons. The highest BCUT2D eigenvalue weighted by Gasteiger charge is 2.27. The summed E-state index contributed by atoms with van der Waals surface area (Å²) in [6, 6.07) is 15.3. The fourth-order valence-corrected chi connectivity index (χ4v) is 4.26. The van der Waals surface area contributed by atoms with Crippen molar-refractivity contribution in [2.75, 3.05) is 41.3 Å². The van der Waals surface area contributed by atoms with Gasteiger partial charge in [-0.05, 0) is 47.3 Å². The van der Waals surface area contributed by atoms with Crippen LogP contribution in [0, 0.1) is 0 Å². The summed E-state index contributed by atoms with van der Waals surface area (Å²) < 4.78 is 28.2. The Balaban J connectivity index is 0.00000380. The molecule has 0 spiro atoms. The molecule has 194 valence electrons. The van der Waals surface area contributed by atoms with Crippen molar-refractivity contribution in [2.45, 2.75) is 0 Å². The molecule has 4 rings (SSSR count). The number of halogens is 1. The average molecular weight is 527 g/mol. The zero-order valence-electron chi connectivity index (χ0n) is 21.0. The van der Waals surface area contributed by atoms with Gasteiger partial charge in [0.25, 0.3) is 5.56 Å². The van der Waals surface area contributed by atoms with Gasteiger partial charge in [0.05, 0.1) is 46.9 Å². The number of anilines is 1. The molecular weight excluding hydrogens is 500 g/mol. The van der Waals surface area contributed by atoms with E-state index in [2.05, 4.69) is 0 Å². The molecule has 1 heterocycles. The van der Waals surface area contributed by atoms with Gasteiger partial charge in [0.1, 0.15) is 11.4 Å². The van der Waals surface area contributed by atoms with E-state index in [0.717, 1.165) is 0 Å². The van der Waals surface area contributed by atoms with Gasteiger partial charge in [-0.2, -0.15) is 0 Å². The molecule has 1 aromatic heterocycles. The zero-order chi connectivity index (χ0) is 26.0. The number of hydrogen-bond donors (Lipinski definition) is 1. The molecule has 3 aromatic carbocycles. The van der Waals surface area contributed by atoms with Crippen molar-refractivity contribution in [3.05, 3.63) is 70.6 Å². The Bertz CT molecular complexity index is 1510. The monoisotopic (exact) mass is 526 g/mol. The average Bonchev–Trinajstić information content (AvgIpc) is 2.91. The second kappa shape index (κ2) is 11.1. The third-order valence-corrected chi connectivity index (χ3v) is 5.89. The summed E-state index contributed by atoms with van der Waals surface area (Å²) in [5, 5.41) is 0.943. The van der Waals surface area contributed by atoms with E-state index in [0.29, 0.717) is 56.3 Å². The fourth-order valence-electron chi connectivity index (χ4n) is 4.26. The Labute approximate surface area is 219 Å². The predicted molar refractivity (Wildman–Crippen MR) is 144 cm³/mol. The number of carbonyl (C=O) groups is 1. The minimum Gasteiger partial charge on any atom is -0.495 e. The van der Waals surface area contributed by atoms with Gasteiger partial charge in [-0.1, -0.05) is 18.2 Å². The number of methoxy groups -OCH3 is 5. The van der Waals surface area contributed by atoms with Crippen LogP contribution in [0.2, 0.25) is 0 Å². The molecule has 0 saturated heterocycles. The van der Waals surface area contributed by atoms with E-state index in [1.165, 1.54) is 40.1 Å². The van der Waals surface area contributed by atoms with Crippen LogP contribution in [0.25, 0.3) is 27.6 Å². The number of nitrogens with two attached hydrogens (primary N) is 1. The second-order valence-electron chi connectivity index (χ2n) is 7.74. The van der Waals surface area contributed by atoms with Crippen molar-refractivity contribution in [3.8, 4) is 39.8 Å². The van der Waals surface area contributed by atoms with Crippen molar-refractivity contribution in [1.82, 2.24) is 4.57 Å². The third-order valence-electron chi connectivity index (χ3n) is 5.89. The number of benzene rings is 3. The van der Waals surface area contributed by atoms with Crippen LogP contribution in [0.4, 0.5) is 5.69 Å². The van der Waals surface area contributed by atoms with Gasteiger partial charge in [0.15, 0.2) is 11.5 Å². The van der Waals surface area contributed by atoms with Crippen LogP contribution in [0.1, 0.15) is 10.5 Å². The molecule has 0 amide bonds. The summed E-state index contributed by atoms with van der Waals surface area (Å²) in [6.45, 7) is 0. The Hall–Kier alpha value is -4.37. The highest BCUT2D eigenvalue weighted by molar-refractivity contribution is 6.07. The molecule has 10 heteroatoms. The summed E-state index contributed by atoms with van der Waals surface area (Å²) in [5.74, 6) is 0.897. The molecule has 4 aromatic rings. The van der Waals surface area contributed by atoms with Crippen LogP contribution in [-0.4, -0.2) is 46.1 Å². The predicted octanol–water partition coefficient (Wildman–Crippen LogP) is 4.48. The van der Waals surface area contributed by atoms with Gasteiger partial charge in [0.2, 0.25) is 5.75 Å². The molecule has 0 aliphatic rings. The maximum absolute atomic E-state index is 13.8. The summed E-state index contributed by atoms with van der Waals surface area (Å²) in [5.41, 5.74) is 7.43. The van der Waals surface area contributed by atoms with E-state index in [-0.39, 0.29) is 18.1 Å². The van der Waals surface area contributed by atoms with E-state index in [9.17, 15) is 9.59 Å². The summed E-state index contributed by atoms with van der Waals surface area (Å²) in [4.78, 5) is 27.1. The lowest BCUT2D eigenvalue weighted by Crippen LogP contribution is -2.27. The second-order valence-corrected chi connectivity index (χ2v) is 7.74. The van der Waals surface area contributed by atoms with E-state index in [1.54, 1.807) is 54.6 Å². The number of esters is 1. The first-order valence-corrected chi connectivity index (χ1v) is 10.9. The van der Waals surface area contributed by atoms with Crippen molar-refractivity contribution >= 4 is 34.8 Å². The molecule has 0 aliphatic heterocycles. The highest BCUT2D eigenvalue weighted by atomic mass is 35.5. The maximum Gasteiger partial charge on any atom is 0.355 e. The largest absolute Gasteiger partial charge is 0.495 e. The van der Waals surface area contributed by atoms with Gasteiger partial charge in [-0.15, -0.1) is 12.4 Å². The smallest absolute Gasteiger partial charge is 0.355 e. The molecule has 2 N–H and O–H groups in total. The third kappa shape index (κ3) is 4.61. The minimum absolute atomic E-state index is 0. The first-order valence-electron chi connectivity index (χ1n) is 10.9. The van der Waals surface area contributed by atoms with E-state index in [4.69, 9.17) is 29.4 Å². The SMILES string of the molecule is COC(=O)c1c(-c2cc(OC)c(OC)c(OC)c2)c2ccccc2c(=O)n1-c1ccc(OC)c(N)c1.Cl. The summed E-state index contributed by atoms with van der Waals surface area (Å²) >= 11 is 0. The quantitative estimate of drug-likeness (QED) is 0.277.